The third kappa shape index (κ3) is 2.82. The van der Waals surface area contributed by atoms with Gasteiger partial charge in [0.25, 0.3) is 5.91 Å². The zero-order valence-electron chi connectivity index (χ0n) is 15.9. The molecule has 2 amide bonds. The summed E-state index contributed by atoms with van der Waals surface area (Å²) in [7, 11) is 0. The number of thiophene rings is 1. The maximum atomic E-state index is 13.0. The molecule has 0 saturated heterocycles. The van der Waals surface area contributed by atoms with Crippen molar-refractivity contribution in [2.24, 2.45) is 17.8 Å². The Morgan fingerprint density at radius 2 is 2.07 bits per heavy atom. The van der Waals surface area contributed by atoms with Crippen molar-refractivity contribution in [2.75, 3.05) is 5.32 Å². The summed E-state index contributed by atoms with van der Waals surface area (Å²) < 4.78 is 0. The average Bonchev–Trinajstić information content (AvgIpc) is 3.23. The molecule has 4 unspecified atom stereocenters. The summed E-state index contributed by atoms with van der Waals surface area (Å²) in [6.45, 7) is 2.05. The van der Waals surface area contributed by atoms with E-state index in [1.165, 1.54) is 4.88 Å². The van der Waals surface area contributed by atoms with Gasteiger partial charge in [0.15, 0.2) is 0 Å². The molecule has 6 heteroatoms. The van der Waals surface area contributed by atoms with Crippen LogP contribution in [0.5, 0.6) is 0 Å². The lowest BCUT2D eigenvalue weighted by Gasteiger charge is -2.56. The summed E-state index contributed by atoms with van der Waals surface area (Å²) in [6, 6.07) is 11.8. The number of anilines is 1. The van der Waals surface area contributed by atoms with Gasteiger partial charge in [-0.3, -0.25) is 9.59 Å². The molecule has 1 spiro atoms. The predicted molar refractivity (Wildman–Crippen MR) is 110 cm³/mol. The first kappa shape index (κ1) is 17.7. The van der Waals surface area contributed by atoms with Crippen LogP contribution in [0.2, 0.25) is 0 Å². The zero-order valence-corrected chi connectivity index (χ0v) is 16.7. The number of carbonyl (C=O) groups is 2. The molecule has 1 aliphatic heterocycles. The molecule has 3 N–H and O–H groups in total. The van der Waals surface area contributed by atoms with Crippen LogP contribution < -0.4 is 16.0 Å². The summed E-state index contributed by atoms with van der Waals surface area (Å²) in [5, 5.41) is 12.2. The van der Waals surface area contributed by atoms with Crippen LogP contribution in [0.25, 0.3) is 0 Å². The van der Waals surface area contributed by atoms with Crippen LogP contribution in [0.4, 0.5) is 5.69 Å². The first-order valence-corrected chi connectivity index (χ1v) is 11.0. The Hall–Kier alpha value is -2.34. The number of hydrogen-bond acceptors (Lipinski definition) is 4. The molecule has 2 aromatic rings. The highest BCUT2D eigenvalue weighted by Gasteiger charge is 2.55. The van der Waals surface area contributed by atoms with Gasteiger partial charge >= 0.3 is 0 Å². The Labute approximate surface area is 168 Å². The smallest absolute Gasteiger partial charge is 0.255 e. The Kier molecular flexibility index (Phi) is 4.19. The Morgan fingerprint density at radius 1 is 1.21 bits per heavy atom. The molecule has 5 atom stereocenters. The second-order valence-electron chi connectivity index (χ2n) is 8.42. The van der Waals surface area contributed by atoms with Gasteiger partial charge in [0.1, 0.15) is 5.66 Å². The summed E-state index contributed by atoms with van der Waals surface area (Å²) in [6.07, 6.45) is 3.73. The minimum atomic E-state index is -0.412. The van der Waals surface area contributed by atoms with Gasteiger partial charge in [0, 0.05) is 22.4 Å². The largest absolute Gasteiger partial charge is 0.362 e. The number of benzene rings is 1. The van der Waals surface area contributed by atoms with E-state index in [4.69, 9.17) is 0 Å². The number of carbonyl (C=O) groups excluding carboxylic acids is 2. The number of hydrogen-bond donors (Lipinski definition) is 3. The Morgan fingerprint density at radius 3 is 2.82 bits per heavy atom. The van der Waals surface area contributed by atoms with Crippen molar-refractivity contribution in [3.8, 4) is 0 Å². The highest BCUT2D eigenvalue weighted by Crippen LogP contribution is 2.51. The molecule has 3 fully saturated rings. The molecule has 6 rings (SSSR count). The summed E-state index contributed by atoms with van der Waals surface area (Å²) >= 11 is 1.67. The fraction of sp³-hybridized carbons (Fsp3) is 0.455. The monoisotopic (exact) mass is 395 g/mol. The molecule has 0 radical (unpaired) electrons. The number of fused-ring (bicyclic) bond motifs is 3. The van der Waals surface area contributed by atoms with Gasteiger partial charge < -0.3 is 16.0 Å². The van der Waals surface area contributed by atoms with Crippen molar-refractivity contribution in [1.82, 2.24) is 10.6 Å². The summed E-state index contributed by atoms with van der Waals surface area (Å²) in [5.74, 6) is 0.742. The van der Waals surface area contributed by atoms with E-state index < -0.39 is 5.66 Å². The minimum absolute atomic E-state index is 0.00535. The molecule has 1 aromatic heterocycles. The third-order valence-electron chi connectivity index (χ3n) is 6.81. The molecule has 3 aliphatic carbocycles. The molecular formula is C22H25N3O2S. The van der Waals surface area contributed by atoms with Crippen LogP contribution in [0.1, 0.15) is 53.9 Å². The van der Waals surface area contributed by atoms with E-state index in [-0.39, 0.29) is 29.7 Å². The van der Waals surface area contributed by atoms with Crippen molar-refractivity contribution in [3.63, 3.8) is 0 Å². The summed E-state index contributed by atoms with van der Waals surface area (Å²) in [4.78, 5) is 26.9. The molecule has 2 bridgehead atoms. The van der Waals surface area contributed by atoms with Crippen LogP contribution in [0.15, 0.2) is 41.8 Å². The number of amides is 2. The molecule has 5 nitrogen and oxygen atoms in total. The topological polar surface area (TPSA) is 70.2 Å². The van der Waals surface area contributed by atoms with E-state index in [0.717, 1.165) is 31.4 Å². The highest BCUT2D eigenvalue weighted by molar-refractivity contribution is 7.10. The predicted octanol–water partition coefficient (Wildman–Crippen LogP) is 3.91. The van der Waals surface area contributed by atoms with Crippen molar-refractivity contribution in [3.05, 3.63) is 52.2 Å². The van der Waals surface area contributed by atoms with Gasteiger partial charge in [-0.25, -0.2) is 0 Å². The fourth-order valence-electron chi connectivity index (χ4n) is 5.39. The SMILES string of the molecule is CC(NC(=O)C1CC2CCC1C[C@@]21NC(=O)c2ccccc2N1)c1cccs1. The molecule has 3 saturated carbocycles. The number of nitrogens with one attached hydrogen (secondary N) is 3. The van der Waals surface area contributed by atoms with Crippen molar-refractivity contribution in [1.29, 1.82) is 0 Å². The van der Waals surface area contributed by atoms with Gasteiger partial charge in [0.2, 0.25) is 5.91 Å². The van der Waals surface area contributed by atoms with E-state index in [2.05, 4.69) is 22.0 Å². The molecule has 4 aliphatic rings. The van der Waals surface area contributed by atoms with E-state index >= 15 is 0 Å². The quantitative estimate of drug-likeness (QED) is 0.738. The van der Waals surface area contributed by atoms with Crippen molar-refractivity contribution >= 4 is 28.8 Å². The van der Waals surface area contributed by atoms with E-state index in [0.29, 0.717) is 11.5 Å². The Balaban J connectivity index is 1.33. The molecule has 1 aromatic carbocycles. The van der Waals surface area contributed by atoms with E-state index in [9.17, 15) is 9.59 Å². The lowest BCUT2D eigenvalue weighted by Crippen LogP contribution is -2.68. The van der Waals surface area contributed by atoms with E-state index in [1.54, 1.807) is 11.3 Å². The van der Waals surface area contributed by atoms with Gasteiger partial charge in [0.05, 0.1) is 11.6 Å². The van der Waals surface area contributed by atoms with Crippen molar-refractivity contribution < 1.29 is 9.59 Å². The maximum absolute atomic E-state index is 13.0. The standard InChI is InChI=1S/C22H25N3O2S/c1-13(19-7-4-10-28-19)23-20(26)17-11-15-9-8-14(17)12-22(15)24-18-6-3-2-5-16(18)21(27)25-22/h2-7,10,13-15,17,24H,8-9,11-12H2,1H3,(H,23,26)(H,25,27)/t13?,14?,15?,17?,22-/m1/s1. The highest BCUT2D eigenvalue weighted by atomic mass is 32.1. The first-order chi connectivity index (χ1) is 13.6. The molecule has 28 heavy (non-hydrogen) atoms. The van der Waals surface area contributed by atoms with Crippen molar-refractivity contribution in [2.45, 2.75) is 44.3 Å². The van der Waals surface area contributed by atoms with E-state index in [1.807, 2.05) is 42.6 Å². The van der Waals surface area contributed by atoms with Crippen LogP contribution in [0.3, 0.4) is 0 Å². The lowest BCUT2D eigenvalue weighted by molar-refractivity contribution is -0.132. The average molecular weight is 396 g/mol. The molecule has 146 valence electrons. The summed E-state index contributed by atoms with van der Waals surface area (Å²) in [5.41, 5.74) is 1.20. The van der Waals surface area contributed by atoms with Gasteiger partial charge in [-0.2, -0.15) is 0 Å². The van der Waals surface area contributed by atoms with Gasteiger partial charge in [-0.15, -0.1) is 11.3 Å². The van der Waals surface area contributed by atoms with Gasteiger partial charge in [-0.1, -0.05) is 18.2 Å². The normalized spacial score (nSPS) is 31.6. The maximum Gasteiger partial charge on any atom is 0.255 e. The molecule has 2 heterocycles. The number of para-hydroxylation sites is 1. The second kappa shape index (κ2) is 6.62. The van der Waals surface area contributed by atoms with Crippen LogP contribution in [0, 0.1) is 17.8 Å². The van der Waals surface area contributed by atoms with Crippen LogP contribution >= 0.6 is 11.3 Å². The van der Waals surface area contributed by atoms with Crippen LogP contribution in [-0.4, -0.2) is 17.5 Å². The molecular weight excluding hydrogens is 370 g/mol. The number of rotatable bonds is 3. The Bertz CT molecular complexity index is 912. The first-order valence-electron chi connectivity index (χ1n) is 10.1. The second-order valence-corrected chi connectivity index (χ2v) is 9.40. The zero-order chi connectivity index (χ0) is 19.3. The third-order valence-corrected chi connectivity index (χ3v) is 7.86. The fourth-order valence-corrected chi connectivity index (χ4v) is 6.13. The van der Waals surface area contributed by atoms with Gasteiger partial charge in [-0.05, 0) is 62.1 Å². The lowest BCUT2D eigenvalue weighted by atomic mass is 9.58. The minimum Gasteiger partial charge on any atom is -0.362 e. The van der Waals surface area contributed by atoms with Crippen LogP contribution in [-0.2, 0) is 4.79 Å².